The molecular formula is C18H29FN4O. The van der Waals surface area contributed by atoms with E-state index >= 15 is 0 Å². The highest BCUT2D eigenvalue weighted by Gasteiger charge is 2.13. The molecule has 0 saturated heterocycles. The first-order chi connectivity index (χ1) is 11.8. The third kappa shape index (κ3) is 6.83. The molecule has 0 radical (unpaired) electrons. The first-order valence-corrected chi connectivity index (χ1v) is 9.02. The molecule has 24 heavy (non-hydrogen) atoms. The molecule has 1 aliphatic rings. The highest BCUT2D eigenvalue weighted by molar-refractivity contribution is 5.79. The third-order valence-electron chi connectivity index (χ3n) is 4.09. The first-order valence-electron chi connectivity index (χ1n) is 9.02. The smallest absolute Gasteiger partial charge is 0.191 e. The number of ether oxygens (including phenoxy) is 1. The molecular weight excluding hydrogens is 307 g/mol. The summed E-state index contributed by atoms with van der Waals surface area (Å²) in [7, 11) is 0. The predicted octanol–water partition coefficient (Wildman–Crippen LogP) is 3.02. The van der Waals surface area contributed by atoms with Crippen LogP contribution in [0.25, 0.3) is 0 Å². The van der Waals surface area contributed by atoms with Crippen molar-refractivity contribution in [3.05, 3.63) is 29.8 Å². The highest BCUT2D eigenvalue weighted by atomic mass is 19.1. The van der Waals surface area contributed by atoms with Crippen molar-refractivity contribution in [2.75, 3.05) is 19.7 Å². The summed E-state index contributed by atoms with van der Waals surface area (Å²) in [6.07, 6.45) is 9.30. The van der Waals surface area contributed by atoms with Crippen molar-refractivity contribution < 1.29 is 9.13 Å². The van der Waals surface area contributed by atoms with Gasteiger partial charge in [0, 0.05) is 25.9 Å². The molecule has 1 fully saturated rings. The molecule has 1 aromatic heterocycles. The van der Waals surface area contributed by atoms with Crippen molar-refractivity contribution in [1.29, 1.82) is 0 Å². The van der Waals surface area contributed by atoms with Crippen molar-refractivity contribution in [2.45, 2.75) is 58.1 Å². The summed E-state index contributed by atoms with van der Waals surface area (Å²) in [5.41, 5.74) is 0.357. The van der Waals surface area contributed by atoms with Gasteiger partial charge in [-0.15, -0.1) is 0 Å². The maximum Gasteiger partial charge on any atom is 0.191 e. The molecule has 5 nitrogen and oxygen atoms in total. The molecule has 1 heterocycles. The number of aromatic nitrogens is 1. The summed E-state index contributed by atoms with van der Waals surface area (Å²) < 4.78 is 19.5. The molecule has 2 rings (SSSR count). The zero-order chi connectivity index (χ0) is 17.0. The van der Waals surface area contributed by atoms with Gasteiger partial charge in [-0.1, -0.05) is 19.3 Å². The minimum absolute atomic E-state index is 0.223. The van der Waals surface area contributed by atoms with Gasteiger partial charge < -0.3 is 15.4 Å². The molecule has 0 bridgehead atoms. The van der Waals surface area contributed by atoms with E-state index in [0.717, 1.165) is 26.1 Å². The molecule has 1 aromatic rings. The lowest BCUT2D eigenvalue weighted by Crippen LogP contribution is -2.38. The van der Waals surface area contributed by atoms with Crippen LogP contribution in [-0.4, -0.2) is 36.7 Å². The lowest BCUT2D eigenvalue weighted by Gasteiger charge is -2.22. The maximum atomic E-state index is 13.6. The molecule has 0 spiro atoms. The highest BCUT2D eigenvalue weighted by Crippen LogP contribution is 2.20. The van der Waals surface area contributed by atoms with Crippen LogP contribution >= 0.6 is 0 Å². The fourth-order valence-electron chi connectivity index (χ4n) is 2.79. The van der Waals surface area contributed by atoms with E-state index < -0.39 is 0 Å². The number of nitrogens with zero attached hydrogens (tertiary/aromatic N) is 2. The number of hydrogen-bond donors (Lipinski definition) is 2. The zero-order valence-corrected chi connectivity index (χ0v) is 14.6. The van der Waals surface area contributed by atoms with Crippen LogP contribution < -0.4 is 10.6 Å². The van der Waals surface area contributed by atoms with E-state index in [0.29, 0.717) is 17.8 Å². The molecule has 1 aliphatic carbocycles. The average Bonchev–Trinajstić information content (AvgIpc) is 2.61. The van der Waals surface area contributed by atoms with Crippen molar-refractivity contribution in [3.63, 3.8) is 0 Å². The number of pyridine rings is 1. The number of aliphatic imine (C=N–C) groups is 1. The first kappa shape index (κ1) is 18.6. The second-order valence-electron chi connectivity index (χ2n) is 6.04. The molecule has 0 aromatic carbocycles. The molecule has 2 N–H and O–H groups in total. The van der Waals surface area contributed by atoms with Crippen LogP contribution in [0.3, 0.4) is 0 Å². The van der Waals surface area contributed by atoms with Gasteiger partial charge in [0.1, 0.15) is 5.82 Å². The van der Waals surface area contributed by atoms with E-state index in [2.05, 4.69) is 20.6 Å². The predicted molar refractivity (Wildman–Crippen MR) is 94.5 cm³/mol. The van der Waals surface area contributed by atoms with E-state index in [9.17, 15) is 4.39 Å². The number of nitrogens with one attached hydrogen (secondary N) is 2. The van der Waals surface area contributed by atoms with E-state index in [-0.39, 0.29) is 12.4 Å². The summed E-state index contributed by atoms with van der Waals surface area (Å²) >= 11 is 0. The zero-order valence-electron chi connectivity index (χ0n) is 14.6. The largest absolute Gasteiger partial charge is 0.378 e. The van der Waals surface area contributed by atoms with Gasteiger partial charge in [0.2, 0.25) is 0 Å². The topological polar surface area (TPSA) is 58.5 Å². The SMILES string of the molecule is CCNC(=NCc1ncccc1F)NCCCOC1CCCCC1. The molecule has 0 unspecified atom stereocenters. The van der Waals surface area contributed by atoms with Crippen LogP contribution in [0.4, 0.5) is 4.39 Å². The summed E-state index contributed by atoms with van der Waals surface area (Å²) in [6, 6.07) is 2.99. The van der Waals surface area contributed by atoms with E-state index in [4.69, 9.17) is 4.74 Å². The van der Waals surface area contributed by atoms with Crippen LogP contribution in [0.2, 0.25) is 0 Å². The van der Waals surface area contributed by atoms with Crippen molar-refractivity contribution in [1.82, 2.24) is 15.6 Å². The van der Waals surface area contributed by atoms with Crippen LogP contribution in [0, 0.1) is 5.82 Å². The fourth-order valence-corrected chi connectivity index (χ4v) is 2.79. The van der Waals surface area contributed by atoms with Gasteiger partial charge in [-0.3, -0.25) is 4.98 Å². The summed E-state index contributed by atoms with van der Waals surface area (Å²) in [6.45, 7) is 4.54. The minimum Gasteiger partial charge on any atom is -0.378 e. The second kappa shape index (κ2) is 11.0. The van der Waals surface area contributed by atoms with Crippen LogP contribution in [-0.2, 0) is 11.3 Å². The minimum atomic E-state index is -0.321. The Labute approximate surface area is 144 Å². The van der Waals surface area contributed by atoms with Crippen LogP contribution in [0.1, 0.15) is 51.1 Å². The molecule has 6 heteroatoms. The summed E-state index contributed by atoms with van der Waals surface area (Å²) in [5.74, 6) is 0.359. The monoisotopic (exact) mass is 336 g/mol. The van der Waals surface area contributed by atoms with E-state index in [1.54, 1.807) is 12.3 Å². The van der Waals surface area contributed by atoms with Crippen molar-refractivity contribution >= 4 is 5.96 Å². The Kier molecular flexibility index (Phi) is 8.52. The number of hydrogen-bond acceptors (Lipinski definition) is 3. The van der Waals surface area contributed by atoms with Gasteiger partial charge in [0.05, 0.1) is 18.3 Å². The van der Waals surface area contributed by atoms with Crippen LogP contribution in [0.15, 0.2) is 23.3 Å². The van der Waals surface area contributed by atoms with Crippen molar-refractivity contribution in [3.8, 4) is 0 Å². The number of rotatable bonds is 8. The lowest BCUT2D eigenvalue weighted by molar-refractivity contribution is 0.0277. The van der Waals surface area contributed by atoms with Gasteiger partial charge in [0.25, 0.3) is 0 Å². The van der Waals surface area contributed by atoms with Gasteiger partial charge in [-0.25, -0.2) is 9.38 Å². The maximum absolute atomic E-state index is 13.6. The van der Waals surface area contributed by atoms with Gasteiger partial charge in [-0.05, 0) is 38.3 Å². The lowest BCUT2D eigenvalue weighted by atomic mass is 9.98. The quantitative estimate of drug-likeness (QED) is 0.435. The Morgan fingerprint density at radius 1 is 1.33 bits per heavy atom. The van der Waals surface area contributed by atoms with Gasteiger partial charge >= 0.3 is 0 Å². The van der Waals surface area contributed by atoms with Crippen molar-refractivity contribution in [2.24, 2.45) is 4.99 Å². The number of halogens is 1. The van der Waals surface area contributed by atoms with Crippen LogP contribution in [0.5, 0.6) is 0 Å². The third-order valence-corrected chi connectivity index (χ3v) is 4.09. The summed E-state index contributed by atoms with van der Waals surface area (Å²) in [4.78, 5) is 8.40. The van der Waals surface area contributed by atoms with E-state index in [1.807, 2.05) is 6.92 Å². The molecule has 0 atom stereocenters. The Morgan fingerprint density at radius 2 is 2.17 bits per heavy atom. The Hall–Kier alpha value is -1.69. The standard InChI is InChI=1S/C18H29FN4O/c1-2-20-18(23-14-17-16(19)10-6-11-21-17)22-12-7-13-24-15-8-4-3-5-9-15/h6,10-11,15H,2-5,7-9,12-14H2,1H3,(H2,20,22,23). The Bertz CT molecular complexity index is 504. The average molecular weight is 336 g/mol. The van der Waals surface area contributed by atoms with Gasteiger partial charge in [0.15, 0.2) is 5.96 Å². The number of guanidine groups is 1. The molecule has 0 aliphatic heterocycles. The Balaban J connectivity index is 1.68. The summed E-state index contributed by atoms with van der Waals surface area (Å²) in [5, 5.41) is 6.42. The van der Waals surface area contributed by atoms with E-state index in [1.165, 1.54) is 38.2 Å². The Morgan fingerprint density at radius 3 is 2.92 bits per heavy atom. The normalized spacial score (nSPS) is 16.2. The second-order valence-corrected chi connectivity index (χ2v) is 6.04. The molecule has 134 valence electrons. The molecule has 0 amide bonds. The fraction of sp³-hybridized carbons (Fsp3) is 0.667. The molecule has 1 saturated carbocycles. The van der Waals surface area contributed by atoms with Gasteiger partial charge in [-0.2, -0.15) is 0 Å².